The Balaban J connectivity index is 1.87. The molecule has 1 heterocycles. The topological polar surface area (TPSA) is 61.4 Å². The summed E-state index contributed by atoms with van der Waals surface area (Å²) < 4.78 is 0. The number of Topliss-reactive ketones (excluding diaryl/α,β-unsaturated/α-hetero) is 1. The van der Waals surface area contributed by atoms with Crippen LogP contribution >= 0.6 is 23.2 Å². The summed E-state index contributed by atoms with van der Waals surface area (Å²) >= 11 is 12.1. The van der Waals surface area contributed by atoms with E-state index in [0.717, 1.165) is 13.0 Å². The second-order valence-corrected chi connectivity index (χ2v) is 7.09. The first-order valence-electron chi connectivity index (χ1n) is 8.04. The van der Waals surface area contributed by atoms with Crippen LogP contribution in [0.4, 0.5) is 0 Å². The lowest BCUT2D eigenvalue weighted by atomic mass is 9.95. The van der Waals surface area contributed by atoms with Crippen molar-refractivity contribution in [2.45, 2.75) is 18.9 Å². The Labute approximate surface area is 152 Å². The maximum Gasteiger partial charge on any atom is 0.237 e. The number of nitrogens with one attached hydrogen (secondary N) is 2. The van der Waals surface area contributed by atoms with E-state index in [4.69, 9.17) is 23.2 Å². The van der Waals surface area contributed by atoms with E-state index in [1.807, 2.05) is 14.1 Å². The lowest BCUT2D eigenvalue weighted by Gasteiger charge is -2.13. The fourth-order valence-corrected chi connectivity index (χ4v) is 3.17. The summed E-state index contributed by atoms with van der Waals surface area (Å²) in [6.07, 6.45) is 1.37. The third kappa shape index (κ3) is 4.93. The SMILES string of the molecule is CN(C)CCCNC(=O)C1CC(C(=O)c2cccc(Cl)c2Cl)CN1. The van der Waals surface area contributed by atoms with Gasteiger partial charge in [0.1, 0.15) is 0 Å². The van der Waals surface area contributed by atoms with Gasteiger partial charge >= 0.3 is 0 Å². The normalized spacial score (nSPS) is 20.4. The van der Waals surface area contributed by atoms with Crippen molar-refractivity contribution in [3.05, 3.63) is 33.8 Å². The number of halogens is 2. The van der Waals surface area contributed by atoms with Gasteiger partial charge in [-0.25, -0.2) is 0 Å². The van der Waals surface area contributed by atoms with E-state index < -0.39 is 0 Å². The van der Waals surface area contributed by atoms with E-state index in [9.17, 15) is 9.59 Å². The molecule has 7 heteroatoms. The van der Waals surface area contributed by atoms with Crippen molar-refractivity contribution in [3.8, 4) is 0 Å². The van der Waals surface area contributed by atoms with Crippen LogP contribution < -0.4 is 10.6 Å². The minimum absolute atomic E-state index is 0.0544. The van der Waals surface area contributed by atoms with Crippen molar-refractivity contribution in [3.63, 3.8) is 0 Å². The van der Waals surface area contributed by atoms with Crippen LogP contribution in [0.5, 0.6) is 0 Å². The Morgan fingerprint density at radius 3 is 2.79 bits per heavy atom. The van der Waals surface area contributed by atoms with Crippen molar-refractivity contribution in [1.82, 2.24) is 15.5 Å². The van der Waals surface area contributed by atoms with E-state index in [1.54, 1.807) is 18.2 Å². The summed E-state index contributed by atoms with van der Waals surface area (Å²) in [5, 5.41) is 6.68. The van der Waals surface area contributed by atoms with Crippen molar-refractivity contribution >= 4 is 34.9 Å². The number of ketones is 1. The summed E-state index contributed by atoms with van der Waals surface area (Å²) in [7, 11) is 4.00. The van der Waals surface area contributed by atoms with Crippen molar-refractivity contribution in [2.75, 3.05) is 33.7 Å². The summed E-state index contributed by atoms with van der Waals surface area (Å²) in [5.41, 5.74) is 0.419. The Hall–Kier alpha value is -1.14. The van der Waals surface area contributed by atoms with Gasteiger partial charge in [-0.1, -0.05) is 29.3 Å². The first kappa shape index (κ1) is 19.2. The minimum Gasteiger partial charge on any atom is -0.355 e. The van der Waals surface area contributed by atoms with E-state index in [1.165, 1.54) is 0 Å². The maximum absolute atomic E-state index is 12.6. The Morgan fingerprint density at radius 1 is 1.33 bits per heavy atom. The Kier molecular flexibility index (Phi) is 7.04. The molecule has 2 atom stereocenters. The number of hydrogen-bond acceptors (Lipinski definition) is 4. The Morgan fingerprint density at radius 2 is 2.08 bits per heavy atom. The predicted molar refractivity (Wildman–Crippen MR) is 96.9 cm³/mol. The molecular weight excluding hydrogens is 349 g/mol. The summed E-state index contributed by atoms with van der Waals surface area (Å²) in [4.78, 5) is 26.8. The molecule has 0 saturated carbocycles. The molecule has 0 aliphatic carbocycles. The monoisotopic (exact) mass is 371 g/mol. The molecule has 0 aromatic heterocycles. The average molecular weight is 372 g/mol. The van der Waals surface area contributed by atoms with Gasteiger partial charge in [-0.15, -0.1) is 0 Å². The van der Waals surface area contributed by atoms with Crippen molar-refractivity contribution in [1.29, 1.82) is 0 Å². The van der Waals surface area contributed by atoms with Gasteiger partial charge < -0.3 is 15.5 Å². The highest BCUT2D eigenvalue weighted by Crippen LogP contribution is 2.29. The molecule has 2 rings (SSSR count). The third-order valence-electron chi connectivity index (χ3n) is 4.12. The molecule has 2 unspecified atom stereocenters. The highest BCUT2D eigenvalue weighted by molar-refractivity contribution is 6.44. The molecule has 1 aliphatic rings. The lowest BCUT2D eigenvalue weighted by Crippen LogP contribution is -2.41. The standard InChI is InChI=1S/C17H23Cl2N3O2/c1-22(2)8-4-7-20-17(24)14-9-11(10-21-14)16(23)12-5-3-6-13(18)15(12)19/h3,5-6,11,14,21H,4,7-10H2,1-2H3,(H,20,24). The van der Waals surface area contributed by atoms with E-state index in [2.05, 4.69) is 15.5 Å². The zero-order valence-electron chi connectivity index (χ0n) is 13.9. The first-order valence-corrected chi connectivity index (χ1v) is 8.79. The smallest absolute Gasteiger partial charge is 0.237 e. The number of hydrogen-bond donors (Lipinski definition) is 2. The zero-order valence-corrected chi connectivity index (χ0v) is 15.5. The lowest BCUT2D eigenvalue weighted by molar-refractivity contribution is -0.122. The van der Waals surface area contributed by atoms with Gasteiger partial charge in [-0.3, -0.25) is 9.59 Å². The molecule has 132 valence electrons. The van der Waals surface area contributed by atoms with Gasteiger partial charge in [-0.05, 0) is 45.6 Å². The number of amides is 1. The molecule has 1 aromatic rings. The first-order chi connectivity index (χ1) is 11.4. The molecule has 0 bridgehead atoms. The fourth-order valence-electron chi connectivity index (χ4n) is 2.78. The molecule has 24 heavy (non-hydrogen) atoms. The molecule has 1 aromatic carbocycles. The number of carbonyl (C=O) groups is 2. The molecular formula is C17H23Cl2N3O2. The van der Waals surface area contributed by atoms with Crippen LogP contribution in [0.25, 0.3) is 0 Å². The van der Waals surface area contributed by atoms with Gasteiger partial charge in [0.2, 0.25) is 5.91 Å². The molecule has 2 N–H and O–H groups in total. The minimum atomic E-state index is -0.337. The van der Waals surface area contributed by atoms with Gasteiger partial charge in [0.25, 0.3) is 0 Å². The third-order valence-corrected chi connectivity index (χ3v) is 4.94. The van der Waals surface area contributed by atoms with E-state index >= 15 is 0 Å². The van der Waals surface area contributed by atoms with Crippen molar-refractivity contribution < 1.29 is 9.59 Å². The maximum atomic E-state index is 12.6. The molecule has 1 fully saturated rings. The van der Waals surface area contributed by atoms with E-state index in [0.29, 0.717) is 30.1 Å². The van der Waals surface area contributed by atoms with Crippen LogP contribution in [0.1, 0.15) is 23.2 Å². The summed E-state index contributed by atoms with van der Waals surface area (Å²) in [6.45, 7) is 2.03. The van der Waals surface area contributed by atoms with Gasteiger partial charge in [0.05, 0.1) is 16.1 Å². The Bertz CT molecular complexity index is 607. The highest BCUT2D eigenvalue weighted by Gasteiger charge is 2.34. The van der Waals surface area contributed by atoms with Crippen LogP contribution in [0.15, 0.2) is 18.2 Å². The van der Waals surface area contributed by atoms with E-state index in [-0.39, 0.29) is 28.7 Å². The molecule has 1 amide bonds. The number of carbonyl (C=O) groups excluding carboxylic acids is 2. The largest absolute Gasteiger partial charge is 0.355 e. The number of rotatable bonds is 7. The van der Waals surface area contributed by atoms with Gasteiger partial charge in [0.15, 0.2) is 5.78 Å². The van der Waals surface area contributed by atoms with Gasteiger partial charge in [0, 0.05) is 24.6 Å². The second-order valence-electron chi connectivity index (χ2n) is 6.31. The van der Waals surface area contributed by atoms with Crippen LogP contribution in [0.2, 0.25) is 10.0 Å². The number of benzene rings is 1. The predicted octanol–water partition coefficient (Wildman–Crippen LogP) is 2.22. The second kappa shape index (κ2) is 8.81. The average Bonchev–Trinajstić information content (AvgIpc) is 3.03. The van der Waals surface area contributed by atoms with Crippen LogP contribution in [-0.4, -0.2) is 56.4 Å². The molecule has 5 nitrogen and oxygen atoms in total. The molecule has 1 aliphatic heterocycles. The molecule has 1 saturated heterocycles. The van der Waals surface area contributed by atoms with Crippen molar-refractivity contribution in [2.24, 2.45) is 5.92 Å². The fraction of sp³-hybridized carbons (Fsp3) is 0.529. The summed E-state index contributed by atoms with van der Waals surface area (Å²) in [5.74, 6) is -0.391. The van der Waals surface area contributed by atoms with Gasteiger partial charge in [-0.2, -0.15) is 0 Å². The van der Waals surface area contributed by atoms with Crippen LogP contribution in [0, 0.1) is 5.92 Å². The summed E-state index contributed by atoms with van der Waals surface area (Å²) in [6, 6.07) is 4.69. The number of nitrogens with zero attached hydrogens (tertiary/aromatic N) is 1. The van der Waals surface area contributed by atoms with Crippen LogP contribution in [-0.2, 0) is 4.79 Å². The van der Waals surface area contributed by atoms with Crippen LogP contribution in [0.3, 0.4) is 0 Å². The molecule has 0 spiro atoms. The quantitative estimate of drug-likeness (QED) is 0.569. The molecule has 0 radical (unpaired) electrons. The highest BCUT2D eigenvalue weighted by atomic mass is 35.5. The zero-order chi connectivity index (χ0) is 17.7.